The van der Waals surface area contributed by atoms with E-state index in [4.69, 9.17) is 11.6 Å². The quantitative estimate of drug-likeness (QED) is 0.618. The van der Waals surface area contributed by atoms with Crippen molar-refractivity contribution in [1.29, 1.82) is 0 Å². The van der Waals surface area contributed by atoms with Crippen molar-refractivity contribution in [3.05, 3.63) is 64.8 Å². The molecule has 2 aromatic carbocycles. The molecule has 2 aliphatic heterocycles. The number of hydrogen-bond donors (Lipinski definition) is 2. The molecule has 0 saturated carbocycles. The summed E-state index contributed by atoms with van der Waals surface area (Å²) >= 11 is 6.09. The van der Waals surface area contributed by atoms with Crippen LogP contribution in [0.15, 0.2) is 48.5 Å². The van der Waals surface area contributed by atoms with Crippen LogP contribution in [0.25, 0.3) is 10.9 Å². The molecule has 2 aliphatic rings. The van der Waals surface area contributed by atoms with Gasteiger partial charge in [-0.25, -0.2) is 4.79 Å². The number of urea groups is 1. The molecule has 0 aliphatic carbocycles. The zero-order chi connectivity index (χ0) is 22.8. The van der Waals surface area contributed by atoms with Crippen LogP contribution in [-0.4, -0.2) is 66.0 Å². The van der Waals surface area contributed by atoms with Crippen molar-refractivity contribution in [2.45, 2.75) is 19.4 Å². The van der Waals surface area contributed by atoms with E-state index in [1.54, 1.807) is 0 Å². The molecule has 0 unspecified atom stereocenters. The Morgan fingerprint density at radius 1 is 0.970 bits per heavy atom. The second-order valence-corrected chi connectivity index (χ2v) is 9.07. The third-order valence-corrected chi connectivity index (χ3v) is 6.83. The SMILES string of the molecule is O=C(CCNC(=O)N1CCc2c([nH]c3ccccc23)C1)N1CCN(c2cccc(Cl)c2)CC1. The summed E-state index contributed by atoms with van der Waals surface area (Å²) in [5.74, 6) is 0.0811. The number of anilines is 1. The smallest absolute Gasteiger partial charge is 0.317 e. The molecule has 0 spiro atoms. The predicted octanol–water partition coefficient (Wildman–Crippen LogP) is 3.63. The molecule has 3 heterocycles. The van der Waals surface area contributed by atoms with Gasteiger partial charge in [-0.1, -0.05) is 35.9 Å². The highest BCUT2D eigenvalue weighted by Gasteiger charge is 2.25. The normalized spacial score (nSPS) is 16.1. The second kappa shape index (κ2) is 9.35. The van der Waals surface area contributed by atoms with Crippen molar-refractivity contribution in [3.63, 3.8) is 0 Å². The van der Waals surface area contributed by atoms with Crippen molar-refractivity contribution in [2.75, 3.05) is 44.2 Å². The monoisotopic (exact) mass is 465 g/mol. The van der Waals surface area contributed by atoms with Gasteiger partial charge in [0.25, 0.3) is 0 Å². The first-order chi connectivity index (χ1) is 16.1. The zero-order valence-corrected chi connectivity index (χ0v) is 19.3. The number of aromatic amines is 1. The van der Waals surface area contributed by atoms with E-state index in [1.807, 2.05) is 46.2 Å². The minimum Gasteiger partial charge on any atom is -0.368 e. The van der Waals surface area contributed by atoms with E-state index in [1.165, 1.54) is 10.9 Å². The predicted molar refractivity (Wildman–Crippen MR) is 131 cm³/mol. The lowest BCUT2D eigenvalue weighted by Gasteiger charge is -2.36. The topological polar surface area (TPSA) is 71.7 Å². The molecular weight excluding hydrogens is 438 g/mol. The Bertz CT molecular complexity index is 1170. The first kappa shape index (κ1) is 21.6. The molecule has 2 N–H and O–H groups in total. The van der Waals surface area contributed by atoms with Gasteiger partial charge in [-0.15, -0.1) is 0 Å². The summed E-state index contributed by atoms with van der Waals surface area (Å²) in [6, 6.07) is 15.9. The maximum atomic E-state index is 12.7. The van der Waals surface area contributed by atoms with Gasteiger partial charge in [-0.05, 0) is 36.2 Å². The fourth-order valence-corrected chi connectivity index (χ4v) is 4.98. The molecule has 3 amide bonds. The van der Waals surface area contributed by atoms with Crippen LogP contribution >= 0.6 is 11.6 Å². The van der Waals surface area contributed by atoms with Gasteiger partial charge in [0, 0.05) is 73.0 Å². The number of aromatic nitrogens is 1. The average Bonchev–Trinajstić information content (AvgIpc) is 3.22. The lowest BCUT2D eigenvalue weighted by Crippen LogP contribution is -2.49. The molecule has 0 radical (unpaired) electrons. The number of carbonyl (C=O) groups is 2. The van der Waals surface area contributed by atoms with Crippen LogP contribution in [0, 0.1) is 0 Å². The lowest BCUT2D eigenvalue weighted by atomic mass is 10.0. The summed E-state index contributed by atoms with van der Waals surface area (Å²) < 4.78 is 0. The van der Waals surface area contributed by atoms with Crippen molar-refractivity contribution in [2.24, 2.45) is 0 Å². The maximum absolute atomic E-state index is 12.7. The van der Waals surface area contributed by atoms with Crippen molar-refractivity contribution in [3.8, 4) is 0 Å². The van der Waals surface area contributed by atoms with Gasteiger partial charge in [0.2, 0.25) is 5.91 Å². The standard InChI is InChI=1S/C25H28ClN5O2/c26-18-4-3-5-19(16-18)29-12-14-30(15-13-29)24(32)8-10-27-25(33)31-11-9-21-20-6-1-2-7-22(20)28-23(21)17-31/h1-7,16,28H,8-15,17H2,(H,27,33). The summed E-state index contributed by atoms with van der Waals surface area (Å²) in [7, 11) is 0. The first-order valence-electron chi connectivity index (χ1n) is 11.5. The van der Waals surface area contributed by atoms with E-state index < -0.39 is 0 Å². The largest absolute Gasteiger partial charge is 0.368 e. The van der Waals surface area contributed by atoms with E-state index in [0.717, 1.165) is 41.4 Å². The molecule has 5 rings (SSSR count). The van der Waals surface area contributed by atoms with Crippen molar-refractivity contribution < 1.29 is 9.59 Å². The number of para-hydroxylation sites is 1. The molecule has 8 heteroatoms. The summed E-state index contributed by atoms with van der Waals surface area (Å²) in [5.41, 5.74) is 4.61. The minimum absolute atomic E-state index is 0.0811. The molecule has 33 heavy (non-hydrogen) atoms. The number of rotatable bonds is 4. The fourth-order valence-electron chi connectivity index (χ4n) is 4.80. The Morgan fingerprint density at radius 3 is 2.61 bits per heavy atom. The second-order valence-electron chi connectivity index (χ2n) is 8.63. The van der Waals surface area contributed by atoms with Gasteiger partial charge >= 0.3 is 6.03 Å². The van der Waals surface area contributed by atoms with Crippen molar-refractivity contribution in [1.82, 2.24) is 20.1 Å². The number of carbonyl (C=O) groups excluding carboxylic acids is 2. The van der Waals surface area contributed by atoms with Gasteiger partial charge < -0.3 is 25.0 Å². The molecule has 1 saturated heterocycles. The van der Waals surface area contributed by atoms with Crippen LogP contribution in [0.5, 0.6) is 0 Å². The van der Waals surface area contributed by atoms with Crippen LogP contribution in [0.3, 0.4) is 0 Å². The number of halogens is 1. The minimum atomic E-state index is -0.113. The highest BCUT2D eigenvalue weighted by atomic mass is 35.5. The summed E-state index contributed by atoms with van der Waals surface area (Å²) in [6.45, 7) is 4.50. The number of benzene rings is 2. The molecule has 172 valence electrons. The Morgan fingerprint density at radius 2 is 1.79 bits per heavy atom. The van der Waals surface area contributed by atoms with Gasteiger partial charge in [0.05, 0.1) is 6.54 Å². The number of amides is 3. The van der Waals surface area contributed by atoms with Crippen LogP contribution in [0.2, 0.25) is 5.02 Å². The zero-order valence-electron chi connectivity index (χ0n) is 18.5. The Balaban J connectivity index is 1.07. The first-order valence-corrected chi connectivity index (χ1v) is 11.9. The summed E-state index contributed by atoms with van der Waals surface area (Å²) in [5, 5.41) is 4.89. The average molecular weight is 466 g/mol. The number of nitrogens with one attached hydrogen (secondary N) is 2. The van der Waals surface area contributed by atoms with Gasteiger partial charge in [0.1, 0.15) is 0 Å². The number of nitrogens with zero attached hydrogens (tertiary/aromatic N) is 3. The van der Waals surface area contributed by atoms with Gasteiger partial charge in [-0.2, -0.15) is 0 Å². The molecule has 0 atom stereocenters. The van der Waals surface area contributed by atoms with E-state index in [0.29, 0.717) is 39.1 Å². The molecule has 7 nitrogen and oxygen atoms in total. The molecule has 1 fully saturated rings. The number of piperazine rings is 1. The van der Waals surface area contributed by atoms with Gasteiger partial charge in [-0.3, -0.25) is 4.79 Å². The highest BCUT2D eigenvalue weighted by Crippen LogP contribution is 2.27. The maximum Gasteiger partial charge on any atom is 0.317 e. The van der Waals surface area contributed by atoms with Crippen LogP contribution in [0.1, 0.15) is 17.7 Å². The van der Waals surface area contributed by atoms with Gasteiger partial charge in [0.15, 0.2) is 0 Å². The fraction of sp³-hybridized carbons (Fsp3) is 0.360. The number of hydrogen-bond acceptors (Lipinski definition) is 3. The number of fused-ring (bicyclic) bond motifs is 3. The van der Waals surface area contributed by atoms with E-state index >= 15 is 0 Å². The Hall–Kier alpha value is -3.19. The third kappa shape index (κ3) is 4.64. The molecular formula is C25H28ClN5O2. The summed E-state index contributed by atoms with van der Waals surface area (Å²) in [4.78, 5) is 34.7. The van der Waals surface area contributed by atoms with Crippen LogP contribution in [-0.2, 0) is 17.8 Å². The molecule has 0 bridgehead atoms. The van der Waals surface area contributed by atoms with E-state index in [-0.39, 0.29) is 11.9 Å². The molecule has 1 aromatic heterocycles. The molecule has 3 aromatic rings. The number of H-pyrrole nitrogens is 1. The van der Waals surface area contributed by atoms with E-state index in [9.17, 15) is 9.59 Å². The Kier molecular flexibility index (Phi) is 6.13. The summed E-state index contributed by atoms with van der Waals surface area (Å²) in [6.07, 6.45) is 1.15. The lowest BCUT2D eigenvalue weighted by molar-refractivity contribution is -0.131. The van der Waals surface area contributed by atoms with Crippen molar-refractivity contribution >= 4 is 40.1 Å². The Labute approximate surface area is 198 Å². The van der Waals surface area contributed by atoms with E-state index in [2.05, 4.69) is 27.3 Å². The van der Waals surface area contributed by atoms with Crippen LogP contribution < -0.4 is 10.2 Å². The van der Waals surface area contributed by atoms with Crippen LogP contribution in [0.4, 0.5) is 10.5 Å². The highest BCUT2D eigenvalue weighted by molar-refractivity contribution is 6.30. The third-order valence-electron chi connectivity index (χ3n) is 6.59.